The Labute approximate surface area is 140 Å². The molecule has 2 N–H and O–H groups in total. The van der Waals surface area contributed by atoms with E-state index < -0.39 is 0 Å². The number of amides is 1. The van der Waals surface area contributed by atoms with Crippen LogP contribution >= 0.6 is 0 Å². The van der Waals surface area contributed by atoms with Gasteiger partial charge in [0.15, 0.2) is 0 Å². The van der Waals surface area contributed by atoms with Gasteiger partial charge in [0.05, 0.1) is 11.3 Å². The highest BCUT2D eigenvalue weighted by Gasteiger charge is 2.19. The average Bonchev–Trinajstić information content (AvgIpc) is 3.15. The molecule has 1 aromatic carbocycles. The Morgan fingerprint density at radius 1 is 1.17 bits per heavy atom. The smallest absolute Gasteiger partial charge is 0.259 e. The lowest BCUT2D eigenvalue weighted by molar-refractivity contribution is 0.102. The van der Waals surface area contributed by atoms with Crippen LogP contribution in [-0.4, -0.2) is 32.5 Å². The van der Waals surface area contributed by atoms with Crippen molar-refractivity contribution < 1.29 is 4.79 Å². The van der Waals surface area contributed by atoms with E-state index in [4.69, 9.17) is 0 Å². The van der Waals surface area contributed by atoms with Gasteiger partial charge in [-0.1, -0.05) is 12.1 Å². The number of aryl methyl sites for hydroxylation is 2. The van der Waals surface area contributed by atoms with E-state index in [9.17, 15) is 4.79 Å². The second-order valence-corrected chi connectivity index (χ2v) is 5.59. The molecule has 0 fully saturated rings. The molecule has 0 radical (unpaired) electrons. The number of nitrogens with zero attached hydrogens (tertiary/aromatic N) is 4. The molecule has 3 rings (SSSR count). The van der Waals surface area contributed by atoms with Crippen molar-refractivity contribution in [2.75, 3.05) is 12.4 Å². The zero-order valence-corrected chi connectivity index (χ0v) is 13.9. The number of hydrogen-bond donors (Lipinski definition) is 2. The predicted molar refractivity (Wildman–Crippen MR) is 92.6 cm³/mol. The zero-order chi connectivity index (χ0) is 17.1. The molecule has 1 amide bonds. The molecule has 7 heteroatoms. The summed E-state index contributed by atoms with van der Waals surface area (Å²) in [7, 11) is 5.52. The maximum Gasteiger partial charge on any atom is 0.259 e. The molecule has 7 nitrogen and oxygen atoms in total. The molecule has 0 saturated carbocycles. The van der Waals surface area contributed by atoms with Crippen molar-refractivity contribution in [3.8, 4) is 11.4 Å². The highest BCUT2D eigenvalue weighted by molar-refractivity contribution is 6.07. The van der Waals surface area contributed by atoms with Gasteiger partial charge in [0.25, 0.3) is 5.91 Å². The first-order chi connectivity index (χ1) is 11.6. The van der Waals surface area contributed by atoms with E-state index in [1.165, 1.54) is 0 Å². The van der Waals surface area contributed by atoms with Crippen molar-refractivity contribution in [1.82, 2.24) is 24.9 Å². The average molecular weight is 324 g/mol. The van der Waals surface area contributed by atoms with Gasteiger partial charge in [0, 0.05) is 38.7 Å². The van der Waals surface area contributed by atoms with Crippen molar-refractivity contribution in [3.63, 3.8) is 0 Å². The summed E-state index contributed by atoms with van der Waals surface area (Å²) in [6, 6.07) is 9.59. The molecule has 0 unspecified atom stereocenters. The van der Waals surface area contributed by atoms with E-state index in [0.29, 0.717) is 11.3 Å². The molecule has 2 aromatic heterocycles. The van der Waals surface area contributed by atoms with Crippen molar-refractivity contribution in [3.05, 3.63) is 53.9 Å². The summed E-state index contributed by atoms with van der Waals surface area (Å²) in [5, 5.41) is 14.6. The van der Waals surface area contributed by atoms with Crippen LogP contribution in [0.25, 0.3) is 11.4 Å². The van der Waals surface area contributed by atoms with Crippen LogP contribution < -0.4 is 10.6 Å². The van der Waals surface area contributed by atoms with Crippen LogP contribution in [0.2, 0.25) is 0 Å². The van der Waals surface area contributed by atoms with Gasteiger partial charge in [0.2, 0.25) is 0 Å². The summed E-state index contributed by atoms with van der Waals surface area (Å²) in [6.07, 6.45) is 3.40. The maximum atomic E-state index is 12.7. The summed E-state index contributed by atoms with van der Waals surface area (Å²) >= 11 is 0. The monoisotopic (exact) mass is 324 g/mol. The largest absolute Gasteiger partial charge is 0.322 e. The Morgan fingerprint density at radius 2 is 1.92 bits per heavy atom. The molecule has 0 aliphatic carbocycles. The third-order valence-electron chi connectivity index (χ3n) is 3.73. The number of rotatable bonds is 5. The standard InChI is InChI=1S/C17H20N6O/c1-18-10-12-4-6-13(7-5-12)20-17(24)14-11-22(2)21-16(14)15-8-9-19-23(15)3/h4-9,11,18H,10H2,1-3H3,(H,20,24). The first-order valence-electron chi connectivity index (χ1n) is 7.65. The summed E-state index contributed by atoms with van der Waals surface area (Å²) in [4.78, 5) is 12.7. The minimum absolute atomic E-state index is 0.194. The fourth-order valence-electron chi connectivity index (χ4n) is 2.56. The molecule has 0 spiro atoms. The van der Waals surface area contributed by atoms with Crippen LogP contribution in [-0.2, 0) is 20.6 Å². The third-order valence-corrected chi connectivity index (χ3v) is 3.73. The molecule has 124 valence electrons. The molecular formula is C17H20N6O. The van der Waals surface area contributed by atoms with Gasteiger partial charge in [0.1, 0.15) is 5.69 Å². The molecule has 0 aliphatic rings. The van der Waals surface area contributed by atoms with Gasteiger partial charge >= 0.3 is 0 Å². The van der Waals surface area contributed by atoms with Crippen molar-refractivity contribution >= 4 is 11.6 Å². The molecule has 24 heavy (non-hydrogen) atoms. The Hall–Kier alpha value is -2.93. The third kappa shape index (κ3) is 3.21. The van der Waals surface area contributed by atoms with Gasteiger partial charge < -0.3 is 10.6 Å². The highest BCUT2D eigenvalue weighted by Crippen LogP contribution is 2.22. The number of nitrogens with one attached hydrogen (secondary N) is 2. The minimum atomic E-state index is -0.194. The predicted octanol–water partition coefficient (Wildman–Crippen LogP) is 1.79. The van der Waals surface area contributed by atoms with Gasteiger partial charge in [-0.2, -0.15) is 10.2 Å². The second kappa shape index (κ2) is 6.67. The second-order valence-electron chi connectivity index (χ2n) is 5.59. The highest BCUT2D eigenvalue weighted by atomic mass is 16.1. The Balaban J connectivity index is 1.84. The lowest BCUT2D eigenvalue weighted by atomic mass is 10.1. The number of benzene rings is 1. The fourth-order valence-corrected chi connectivity index (χ4v) is 2.56. The van der Waals surface area contributed by atoms with E-state index in [-0.39, 0.29) is 5.91 Å². The molecule has 0 atom stereocenters. The van der Waals surface area contributed by atoms with Gasteiger partial charge in [-0.15, -0.1) is 0 Å². The Kier molecular flexibility index (Phi) is 4.43. The van der Waals surface area contributed by atoms with Crippen LogP contribution in [0.15, 0.2) is 42.7 Å². The summed E-state index contributed by atoms with van der Waals surface area (Å²) in [6.45, 7) is 0.793. The Morgan fingerprint density at radius 3 is 2.54 bits per heavy atom. The van der Waals surface area contributed by atoms with Gasteiger partial charge in [-0.05, 0) is 30.8 Å². The lowest BCUT2D eigenvalue weighted by Crippen LogP contribution is -2.13. The van der Waals surface area contributed by atoms with Crippen molar-refractivity contribution in [2.24, 2.45) is 14.1 Å². The van der Waals surface area contributed by atoms with Crippen LogP contribution in [0.5, 0.6) is 0 Å². The number of anilines is 1. The van der Waals surface area contributed by atoms with Crippen molar-refractivity contribution in [1.29, 1.82) is 0 Å². The van der Waals surface area contributed by atoms with E-state index in [0.717, 1.165) is 23.5 Å². The zero-order valence-electron chi connectivity index (χ0n) is 13.9. The van der Waals surface area contributed by atoms with Crippen LogP contribution in [0.3, 0.4) is 0 Å². The molecule has 0 saturated heterocycles. The summed E-state index contributed by atoms with van der Waals surface area (Å²) in [5.74, 6) is -0.194. The molecule has 2 heterocycles. The fraction of sp³-hybridized carbons (Fsp3) is 0.235. The quantitative estimate of drug-likeness (QED) is 0.750. The van der Waals surface area contributed by atoms with Crippen molar-refractivity contribution in [2.45, 2.75) is 6.54 Å². The molecule has 0 bridgehead atoms. The maximum absolute atomic E-state index is 12.7. The minimum Gasteiger partial charge on any atom is -0.322 e. The summed E-state index contributed by atoms with van der Waals surface area (Å²) in [5.41, 5.74) is 3.83. The normalized spacial score (nSPS) is 10.8. The molecule has 0 aliphatic heterocycles. The SMILES string of the molecule is CNCc1ccc(NC(=O)c2cn(C)nc2-c2ccnn2C)cc1. The van der Waals surface area contributed by atoms with E-state index in [1.807, 2.05) is 44.4 Å². The van der Waals surface area contributed by atoms with Crippen LogP contribution in [0.4, 0.5) is 5.69 Å². The molecular weight excluding hydrogens is 304 g/mol. The topological polar surface area (TPSA) is 76.8 Å². The Bertz CT molecular complexity index is 846. The van der Waals surface area contributed by atoms with Crippen LogP contribution in [0.1, 0.15) is 15.9 Å². The lowest BCUT2D eigenvalue weighted by Gasteiger charge is -2.07. The van der Waals surface area contributed by atoms with Gasteiger partial charge in [-0.25, -0.2) is 0 Å². The molecule has 3 aromatic rings. The van der Waals surface area contributed by atoms with Gasteiger partial charge in [-0.3, -0.25) is 14.2 Å². The van der Waals surface area contributed by atoms with E-state index in [2.05, 4.69) is 20.8 Å². The number of carbonyl (C=O) groups excluding carboxylic acids is 1. The first-order valence-corrected chi connectivity index (χ1v) is 7.65. The number of hydrogen-bond acceptors (Lipinski definition) is 4. The number of aromatic nitrogens is 4. The summed E-state index contributed by atoms with van der Waals surface area (Å²) < 4.78 is 3.33. The number of carbonyl (C=O) groups is 1. The first kappa shape index (κ1) is 15.9. The van der Waals surface area contributed by atoms with E-state index >= 15 is 0 Å². The van der Waals surface area contributed by atoms with E-state index in [1.54, 1.807) is 28.8 Å². The van der Waals surface area contributed by atoms with Crippen LogP contribution in [0, 0.1) is 0 Å².